The van der Waals surface area contributed by atoms with Gasteiger partial charge in [-0.25, -0.2) is 0 Å². The van der Waals surface area contributed by atoms with Gasteiger partial charge in [-0.2, -0.15) is 11.3 Å². The Kier molecular flexibility index (Phi) is 4.18. The Balaban J connectivity index is 1.95. The van der Waals surface area contributed by atoms with Crippen molar-refractivity contribution in [1.82, 2.24) is 4.90 Å². The monoisotopic (exact) mass is 253 g/mol. The van der Waals surface area contributed by atoms with Crippen LogP contribution in [0.5, 0.6) is 0 Å². The molecule has 2 rings (SSSR count). The number of likely N-dealkylation sites (tertiary alicyclic amines) is 1. The molecule has 4 heteroatoms. The average Bonchev–Trinajstić information content (AvgIpc) is 2.81. The lowest BCUT2D eigenvalue weighted by Crippen LogP contribution is -2.37. The van der Waals surface area contributed by atoms with Crippen LogP contribution in [0.15, 0.2) is 16.8 Å². The molecule has 0 aromatic carbocycles. The van der Waals surface area contributed by atoms with E-state index in [2.05, 4.69) is 28.7 Å². The van der Waals surface area contributed by atoms with Crippen LogP contribution in [-0.2, 0) is 4.79 Å². The summed E-state index contributed by atoms with van der Waals surface area (Å²) < 4.78 is 0. The summed E-state index contributed by atoms with van der Waals surface area (Å²) in [4.78, 5) is 13.2. The molecule has 1 fully saturated rings. The topological polar surface area (TPSA) is 40.5 Å². The van der Waals surface area contributed by atoms with Crippen molar-refractivity contribution < 1.29 is 9.90 Å². The third kappa shape index (κ3) is 3.30. The number of aliphatic carboxylic acids is 1. The molecule has 17 heavy (non-hydrogen) atoms. The van der Waals surface area contributed by atoms with Gasteiger partial charge in [-0.05, 0) is 54.6 Å². The Bertz CT molecular complexity index is 364. The summed E-state index contributed by atoms with van der Waals surface area (Å²) in [6.45, 7) is 4.22. The van der Waals surface area contributed by atoms with Gasteiger partial charge in [-0.15, -0.1) is 0 Å². The van der Waals surface area contributed by atoms with E-state index in [0.29, 0.717) is 18.4 Å². The van der Waals surface area contributed by atoms with Gasteiger partial charge < -0.3 is 5.11 Å². The minimum absolute atomic E-state index is 0.312. The molecule has 3 nitrogen and oxygen atoms in total. The summed E-state index contributed by atoms with van der Waals surface area (Å²) >= 11 is 1.72. The number of carboxylic acids is 1. The van der Waals surface area contributed by atoms with Crippen LogP contribution in [0.3, 0.4) is 0 Å². The van der Waals surface area contributed by atoms with E-state index in [1.165, 1.54) is 5.56 Å². The predicted octanol–water partition coefficient (Wildman–Crippen LogP) is 3.00. The number of carbonyl (C=O) groups is 1. The molecule has 1 aliphatic rings. The summed E-state index contributed by atoms with van der Waals surface area (Å²) in [6, 6.07) is 2.58. The number of carboxylic acid groups (broad SMARTS) is 1. The smallest absolute Gasteiger partial charge is 0.303 e. The fourth-order valence-electron chi connectivity index (χ4n) is 2.59. The van der Waals surface area contributed by atoms with Crippen LogP contribution in [0.25, 0.3) is 0 Å². The van der Waals surface area contributed by atoms with E-state index in [1.54, 1.807) is 11.3 Å². The quantitative estimate of drug-likeness (QED) is 0.896. The second-order valence-electron chi connectivity index (χ2n) is 4.83. The lowest BCUT2D eigenvalue weighted by atomic mass is 9.93. The maximum absolute atomic E-state index is 10.8. The summed E-state index contributed by atoms with van der Waals surface area (Å²) in [6.07, 6.45) is 2.48. The highest BCUT2D eigenvalue weighted by atomic mass is 32.1. The first kappa shape index (κ1) is 12.6. The third-order valence-corrected chi connectivity index (χ3v) is 4.29. The molecule has 2 atom stereocenters. The van der Waals surface area contributed by atoms with E-state index in [1.807, 2.05) is 0 Å². The zero-order valence-corrected chi connectivity index (χ0v) is 10.9. The molecule has 1 saturated heterocycles. The van der Waals surface area contributed by atoms with Crippen LogP contribution in [0.4, 0.5) is 0 Å². The van der Waals surface area contributed by atoms with Crippen molar-refractivity contribution in [3.05, 3.63) is 22.4 Å². The Hall–Kier alpha value is -0.870. The van der Waals surface area contributed by atoms with E-state index in [4.69, 9.17) is 5.11 Å². The molecule has 0 bridgehead atoms. The lowest BCUT2D eigenvalue weighted by molar-refractivity contribution is -0.138. The number of thiophene rings is 1. The van der Waals surface area contributed by atoms with Gasteiger partial charge in [0, 0.05) is 19.0 Å². The molecule has 1 aromatic heterocycles. The highest BCUT2D eigenvalue weighted by molar-refractivity contribution is 7.07. The summed E-state index contributed by atoms with van der Waals surface area (Å²) in [5, 5.41) is 13.1. The number of nitrogens with zero attached hydrogens (tertiary/aromatic N) is 1. The van der Waals surface area contributed by atoms with Crippen LogP contribution in [0.1, 0.15) is 37.8 Å². The second kappa shape index (κ2) is 5.65. The predicted molar refractivity (Wildman–Crippen MR) is 69.3 cm³/mol. The number of hydrogen-bond acceptors (Lipinski definition) is 3. The van der Waals surface area contributed by atoms with Crippen molar-refractivity contribution in [2.24, 2.45) is 5.92 Å². The lowest BCUT2D eigenvalue weighted by Gasteiger charge is -2.36. The Morgan fingerprint density at radius 3 is 3.18 bits per heavy atom. The van der Waals surface area contributed by atoms with E-state index < -0.39 is 5.97 Å². The van der Waals surface area contributed by atoms with Crippen LogP contribution in [0, 0.1) is 5.92 Å². The average molecular weight is 253 g/mol. The maximum Gasteiger partial charge on any atom is 0.303 e. The molecule has 0 radical (unpaired) electrons. The molecule has 0 amide bonds. The normalized spacial score (nSPS) is 23.5. The first-order valence-corrected chi connectivity index (χ1v) is 7.09. The summed E-state index contributed by atoms with van der Waals surface area (Å²) in [5.74, 6) is -0.345. The Morgan fingerprint density at radius 2 is 2.53 bits per heavy atom. The minimum atomic E-state index is -0.667. The van der Waals surface area contributed by atoms with E-state index in [-0.39, 0.29) is 0 Å². The fraction of sp³-hybridized carbons (Fsp3) is 0.615. The van der Waals surface area contributed by atoms with Crippen LogP contribution < -0.4 is 0 Å². The highest BCUT2D eigenvalue weighted by Gasteiger charge is 2.25. The molecule has 1 aliphatic heterocycles. The zero-order valence-electron chi connectivity index (χ0n) is 10.1. The van der Waals surface area contributed by atoms with Crippen molar-refractivity contribution in [3.8, 4) is 0 Å². The van der Waals surface area contributed by atoms with Gasteiger partial charge in [0.25, 0.3) is 0 Å². The Morgan fingerprint density at radius 1 is 1.71 bits per heavy atom. The molecular formula is C13H19NO2S. The molecule has 0 aliphatic carbocycles. The summed E-state index contributed by atoms with van der Waals surface area (Å²) in [7, 11) is 0. The largest absolute Gasteiger partial charge is 0.481 e. The molecule has 94 valence electrons. The van der Waals surface area contributed by atoms with Gasteiger partial charge in [0.1, 0.15) is 0 Å². The molecule has 2 unspecified atom stereocenters. The van der Waals surface area contributed by atoms with Crippen molar-refractivity contribution in [3.63, 3.8) is 0 Å². The molecule has 2 heterocycles. The van der Waals surface area contributed by atoms with Gasteiger partial charge in [-0.3, -0.25) is 9.69 Å². The van der Waals surface area contributed by atoms with Crippen molar-refractivity contribution >= 4 is 17.3 Å². The van der Waals surface area contributed by atoms with Crippen LogP contribution in [0.2, 0.25) is 0 Å². The molecule has 0 spiro atoms. The fourth-order valence-corrected chi connectivity index (χ4v) is 3.33. The zero-order chi connectivity index (χ0) is 12.3. The van der Waals surface area contributed by atoms with Crippen molar-refractivity contribution in [2.45, 2.75) is 32.2 Å². The molecule has 0 saturated carbocycles. The first-order valence-electron chi connectivity index (χ1n) is 6.14. The van der Waals surface area contributed by atoms with E-state index in [0.717, 1.165) is 25.9 Å². The van der Waals surface area contributed by atoms with Crippen molar-refractivity contribution in [2.75, 3.05) is 13.1 Å². The van der Waals surface area contributed by atoms with Gasteiger partial charge in [0.05, 0.1) is 0 Å². The van der Waals surface area contributed by atoms with E-state index >= 15 is 0 Å². The number of rotatable bonds is 4. The highest BCUT2D eigenvalue weighted by Crippen LogP contribution is 2.28. The molecule has 1 aromatic rings. The maximum atomic E-state index is 10.8. The number of hydrogen-bond donors (Lipinski definition) is 1. The second-order valence-corrected chi connectivity index (χ2v) is 5.61. The van der Waals surface area contributed by atoms with Crippen molar-refractivity contribution in [1.29, 1.82) is 0 Å². The van der Waals surface area contributed by atoms with E-state index in [9.17, 15) is 4.79 Å². The van der Waals surface area contributed by atoms with Crippen LogP contribution >= 0.6 is 11.3 Å². The molecule has 1 N–H and O–H groups in total. The summed E-state index contributed by atoms with van der Waals surface area (Å²) in [5.41, 5.74) is 1.35. The van der Waals surface area contributed by atoms with Gasteiger partial charge in [0.2, 0.25) is 0 Å². The Labute approximate surface area is 106 Å². The SMILES string of the molecule is CC(c1ccsc1)N1CCCC(CC(=O)O)C1. The standard InChI is InChI=1S/C13H19NO2S/c1-10(12-4-6-17-9-12)14-5-2-3-11(8-14)7-13(15)16/h4,6,9-11H,2-3,5,7-8H2,1H3,(H,15,16). The molecular weight excluding hydrogens is 234 g/mol. The van der Waals surface area contributed by atoms with Gasteiger partial charge in [-0.1, -0.05) is 0 Å². The van der Waals surface area contributed by atoms with Crippen LogP contribution in [-0.4, -0.2) is 29.1 Å². The minimum Gasteiger partial charge on any atom is -0.481 e. The first-order chi connectivity index (χ1) is 8.16. The van der Waals surface area contributed by atoms with Gasteiger partial charge in [0.15, 0.2) is 0 Å². The number of piperidine rings is 1. The third-order valence-electron chi connectivity index (χ3n) is 3.59. The van der Waals surface area contributed by atoms with Gasteiger partial charge >= 0.3 is 5.97 Å².